The first-order valence-corrected chi connectivity index (χ1v) is 5.70. The summed E-state index contributed by atoms with van der Waals surface area (Å²) in [6.45, 7) is -0.114. The monoisotopic (exact) mass is 302 g/mol. The molecule has 1 aromatic carbocycles. The minimum atomic E-state index is -1.29. The van der Waals surface area contributed by atoms with E-state index in [4.69, 9.17) is 16.3 Å². The topological polar surface area (TPSA) is 108 Å². The summed E-state index contributed by atoms with van der Waals surface area (Å²) in [5.41, 5.74) is 0.488. The lowest BCUT2D eigenvalue weighted by molar-refractivity contribution is -0.384. The number of alkyl carbamates (subject to hydrolysis) is 1. The van der Waals surface area contributed by atoms with Gasteiger partial charge in [0.25, 0.3) is 10.9 Å². The van der Waals surface area contributed by atoms with Crippen molar-refractivity contribution in [1.29, 1.82) is 0 Å². The molecule has 20 heavy (non-hydrogen) atoms. The number of hydrogen-bond acceptors (Lipinski definition) is 6. The molecule has 0 bridgehead atoms. The molecule has 1 amide bonds. The van der Waals surface area contributed by atoms with Crippen LogP contribution in [0.5, 0.6) is 0 Å². The fourth-order valence-electron chi connectivity index (χ4n) is 1.22. The molecular weight excluding hydrogens is 292 g/mol. The number of nitrogens with zero attached hydrogens (tertiary/aromatic N) is 1. The standard InChI is InChI=1S/C11H11ClN2O6/c1-19-10(9(12)15)13-11(16)20-6-7-2-4-8(5-3-7)14(17)18/h2-5,10H,6H2,1H3,(H,13,16). The maximum Gasteiger partial charge on any atom is 0.409 e. The summed E-state index contributed by atoms with van der Waals surface area (Å²) >= 11 is 5.15. The smallest absolute Gasteiger partial charge is 0.409 e. The van der Waals surface area contributed by atoms with E-state index in [9.17, 15) is 19.7 Å². The number of amides is 1. The van der Waals surface area contributed by atoms with Crippen molar-refractivity contribution in [2.75, 3.05) is 7.11 Å². The molecule has 1 atom stereocenters. The minimum absolute atomic E-state index is 0.0645. The summed E-state index contributed by atoms with van der Waals surface area (Å²) < 4.78 is 9.41. The van der Waals surface area contributed by atoms with Gasteiger partial charge >= 0.3 is 6.09 Å². The highest BCUT2D eigenvalue weighted by atomic mass is 35.5. The molecule has 0 radical (unpaired) electrons. The van der Waals surface area contributed by atoms with Gasteiger partial charge in [0.2, 0.25) is 6.23 Å². The van der Waals surface area contributed by atoms with E-state index >= 15 is 0 Å². The summed E-state index contributed by atoms with van der Waals surface area (Å²) in [6.07, 6.45) is -2.19. The number of nitro benzene ring substituents is 1. The summed E-state index contributed by atoms with van der Waals surface area (Å²) in [5, 5.41) is 11.7. The number of nitrogens with one attached hydrogen (secondary N) is 1. The number of halogens is 1. The van der Waals surface area contributed by atoms with Crippen molar-refractivity contribution in [2.24, 2.45) is 0 Å². The lowest BCUT2D eigenvalue weighted by Gasteiger charge is -2.12. The summed E-state index contributed by atoms with van der Waals surface area (Å²) in [6, 6.07) is 5.48. The zero-order valence-corrected chi connectivity index (χ0v) is 11.1. The molecule has 0 saturated heterocycles. The van der Waals surface area contributed by atoms with Gasteiger partial charge < -0.3 is 9.47 Å². The first-order valence-electron chi connectivity index (χ1n) is 5.33. The van der Waals surface area contributed by atoms with E-state index in [2.05, 4.69) is 10.1 Å². The summed E-state index contributed by atoms with van der Waals surface area (Å²) in [4.78, 5) is 32.0. The zero-order valence-electron chi connectivity index (χ0n) is 10.4. The highest BCUT2D eigenvalue weighted by Crippen LogP contribution is 2.12. The molecule has 0 aliphatic carbocycles. The number of hydrogen-bond donors (Lipinski definition) is 1. The van der Waals surface area contributed by atoms with E-state index in [0.717, 1.165) is 0 Å². The first kappa shape index (κ1) is 15.9. The third-order valence-corrected chi connectivity index (χ3v) is 2.41. The number of benzene rings is 1. The molecule has 108 valence electrons. The summed E-state index contributed by atoms with van der Waals surface area (Å²) in [7, 11) is 1.20. The number of nitro groups is 1. The van der Waals surface area contributed by atoms with Gasteiger partial charge in [0.05, 0.1) is 4.92 Å². The van der Waals surface area contributed by atoms with Crippen molar-refractivity contribution in [3.63, 3.8) is 0 Å². The molecule has 8 nitrogen and oxygen atoms in total. The molecule has 1 aromatic rings. The van der Waals surface area contributed by atoms with Crippen LogP contribution in [0, 0.1) is 10.1 Å². The van der Waals surface area contributed by atoms with Crippen molar-refractivity contribution in [2.45, 2.75) is 12.8 Å². The Bertz CT molecular complexity index is 504. The van der Waals surface area contributed by atoms with Gasteiger partial charge in [-0.25, -0.2) is 4.79 Å². The van der Waals surface area contributed by atoms with Gasteiger partial charge in [0, 0.05) is 19.2 Å². The SMILES string of the molecule is COC(NC(=O)OCc1ccc([N+](=O)[O-])cc1)C(=O)Cl. The van der Waals surface area contributed by atoms with Gasteiger partial charge in [-0.15, -0.1) is 0 Å². The van der Waals surface area contributed by atoms with Gasteiger partial charge in [-0.2, -0.15) is 0 Å². The fourth-order valence-corrected chi connectivity index (χ4v) is 1.36. The second-order valence-corrected chi connectivity index (χ2v) is 3.94. The van der Waals surface area contributed by atoms with Crippen LogP contribution in [0.25, 0.3) is 0 Å². The predicted octanol–water partition coefficient (Wildman–Crippen LogP) is 1.56. The van der Waals surface area contributed by atoms with E-state index in [1.165, 1.54) is 31.4 Å². The van der Waals surface area contributed by atoms with Crippen LogP contribution in [0.15, 0.2) is 24.3 Å². The van der Waals surface area contributed by atoms with E-state index in [-0.39, 0.29) is 12.3 Å². The fraction of sp³-hybridized carbons (Fsp3) is 0.273. The molecule has 0 fully saturated rings. The maximum atomic E-state index is 11.3. The Morgan fingerprint density at radius 1 is 1.40 bits per heavy atom. The largest absolute Gasteiger partial charge is 0.445 e. The highest BCUT2D eigenvalue weighted by Gasteiger charge is 2.18. The van der Waals surface area contributed by atoms with E-state index in [1.807, 2.05) is 0 Å². The van der Waals surface area contributed by atoms with Crippen LogP contribution in [0.2, 0.25) is 0 Å². The van der Waals surface area contributed by atoms with Gasteiger partial charge in [-0.3, -0.25) is 20.2 Å². The minimum Gasteiger partial charge on any atom is -0.445 e. The van der Waals surface area contributed by atoms with Crippen LogP contribution in [0.4, 0.5) is 10.5 Å². The molecule has 1 unspecified atom stereocenters. The number of ether oxygens (including phenoxy) is 2. The lowest BCUT2D eigenvalue weighted by atomic mass is 10.2. The Labute approximate surface area is 118 Å². The number of carbonyl (C=O) groups excluding carboxylic acids is 2. The molecule has 0 aliphatic heterocycles. The summed E-state index contributed by atoms with van der Waals surface area (Å²) in [5.74, 6) is 0. The van der Waals surface area contributed by atoms with Crippen LogP contribution >= 0.6 is 11.6 Å². The molecule has 0 saturated carbocycles. The van der Waals surface area contributed by atoms with Crippen LogP contribution in [-0.2, 0) is 20.9 Å². The number of methoxy groups -OCH3 is 1. The van der Waals surface area contributed by atoms with Crippen molar-refractivity contribution in [3.8, 4) is 0 Å². The van der Waals surface area contributed by atoms with Gasteiger partial charge in [-0.1, -0.05) is 0 Å². The second kappa shape index (κ2) is 7.41. The van der Waals surface area contributed by atoms with E-state index in [0.29, 0.717) is 5.56 Å². The number of carbonyl (C=O) groups is 2. The van der Waals surface area contributed by atoms with E-state index in [1.54, 1.807) is 0 Å². The van der Waals surface area contributed by atoms with Crippen molar-refractivity contribution >= 4 is 28.6 Å². The Morgan fingerprint density at radius 3 is 2.45 bits per heavy atom. The Morgan fingerprint density at radius 2 is 2.00 bits per heavy atom. The van der Waals surface area contributed by atoms with Gasteiger partial charge in [0.1, 0.15) is 6.61 Å². The molecule has 0 spiro atoms. The second-order valence-electron chi connectivity index (χ2n) is 3.56. The first-order chi connectivity index (χ1) is 9.43. The zero-order chi connectivity index (χ0) is 15.1. The molecule has 0 aromatic heterocycles. The van der Waals surface area contributed by atoms with Crippen molar-refractivity contribution in [1.82, 2.24) is 5.32 Å². The normalized spacial score (nSPS) is 11.5. The van der Waals surface area contributed by atoms with Crippen LogP contribution in [0.1, 0.15) is 5.56 Å². The van der Waals surface area contributed by atoms with E-state index < -0.39 is 22.5 Å². The number of rotatable bonds is 6. The van der Waals surface area contributed by atoms with Gasteiger partial charge in [0.15, 0.2) is 0 Å². The molecule has 0 heterocycles. The molecule has 0 aliphatic rings. The molecular formula is C11H11ClN2O6. The molecule has 9 heteroatoms. The quantitative estimate of drug-likeness (QED) is 0.370. The van der Waals surface area contributed by atoms with Crippen molar-refractivity contribution in [3.05, 3.63) is 39.9 Å². The van der Waals surface area contributed by atoms with Gasteiger partial charge in [-0.05, 0) is 29.3 Å². The number of non-ortho nitro benzene ring substituents is 1. The predicted molar refractivity (Wildman–Crippen MR) is 68.1 cm³/mol. The average Bonchev–Trinajstić information content (AvgIpc) is 2.42. The lowest BCUT2D eigenvalue weighted by Crippen LogP contribution is -2.40. The Kier molecular flexibility index (Phi) is 5.88. The average molecular weight is 303 g/mol. The molecule has 1 rings (SSSR count). The third kappa shape index (κ3) is 4.82. The van der Waals surface area contributed by atoms with Crippen LogP contribution in [0.3, 0.4) is 0 Å². The van der Waals surface area contributed by atoms with Crippen molar-refractivity contribution < 1.29 is 24.0 Å². The maximum absolute atomic E-state index is 11.3. The highest BCUT2D eigenvalue weighted by molar-refractivity contribution is 6.64. The van der Waals surface area contributed by atoms with Crippen LogP contribution in [-0.4, -0.2) is 29.6 Å². The Balaban J connectivity index is 2.48. The Hall–Kier alpha value is -2.19. The van der Waals surface area contributed by atoms with Crippen LogP contribution < -0.4 is 5.32 Å². The third-order valence-electron chi connectivity index (χ3n) is 2.21. The molecule has 1 N–H and O–H groups in total.